The highest BCUT2D eigenvalue weighted by molar-refractivity contribution is 4.94. The molecule has 0 bridgehead atoms. The maximum atomic E-state index is 5.82. The van der Waals surface area contributed by atoms with E-state index in [4.69, 9.17) is 9.47 Å². The van der Waals surface area contributed by atoms with Crippen molar-refractivity contribution < 1.29 is 9.47 Å². The minimum atomic E-state index is -0.386. The van der Waals surface area contributed by atoms with Crippen LogP contribution in [0, 0.1) is 0 Å². The number of nitrogens with one attached hydrogen (secondary N) is 1. The molecule has 1 aromatic heterocycles. The first-order valence-corrected chi connectivity index (χ1v) is 6.68. The van der Waals surface area contributed by atoms with Gasteiger partial charge in [0.25, 0.3) is 0 Å². The van der Waals surface area contributed by atoms with Gasteiger partial charge in [0.1, 0.15) is 12.7 Å². The zero-order valence-electron chi connectivity index (χ0n) is 10.7. The number of ether oxygens (including phenoxy) is 2. The second kappa shape index (κ2) is 4.95. The Morgan fingerprint density at radius 2 is 2.28 bits per heavy atom. The summed E-state index contributed by atoms with van der Waals surface area (Å²) in [5.41, 5.74) is 0. The van der Waals surface area contributed by atoms with Crippen molar-refractivity contribution in [3.8, 4) is 0 Å². The summed E-state index contributed by atoms with van der Waals surface area (Å²) in [6.07, 6.45) is 6.20. The summed E-state index contributed by atoms with van der Waals surface area (Å²) in [4.78, 5) is 4.05. The zero-order chi connectivity index (χ0) is 12.4. The van der Waals surface area contributed by atoms with Gasteiger partial charge in [0.2, 0.25) is 0 Å². The average molecular weight is 252 g/mol. The van der Waals surface area contributed by atoms with E-state index in [1.807, 2.05) is 4.68 Å². The summed E-state index contributed by atoms with van der Waals surface area (Å²) in [5, 5.41) is 7.81. The van der Waals surface area contributed by atoms with Crippen molar-refractivity contribution in [3.05, 3.63) is 12.7 Å². The van der Waals surface area contributed by atoms with Crippen LogP contribution in [0.25, 0.3) is 0 Å². The highest BCUT2D eigenvalue weighted by Crippen LogP contribution is 2.40. The Labute approximate surface area is 107 Å². The topological polar surface area (TPSA) is 61.2 Å². The summed E-state index contributed by atoms with van der Waals surface area (Å²) in [5.74, 6) is -0.386. The van der Waals surface area contributed by atoms with E-state index in [0.717, 1.165) is 25.8 Å². The first kappa shape index (κ1) is 12.1. The molecule has 6 heteroatoms. The molecule has 18 heavy (non-hydrogen) atoms. The van der Waals surface area contributed by atoms with Crippen LogP contribution < -0.4 is 5.32 Å². The molecule has 1 saturated carbocycles. The molecular weight excluding hydrogens is 232 g/mol. The number of hydrogen-bond acceptors (Lipinski definition) is 5. The smallest absolute Gasteiger partial charge is 0.170 e. The van der Waals surface area contributed by atoms with Crippen LogP contribution in [-0.2, 0) is 9.47 Å². The third-order valence-electron chi connectivity index (χ3n) is 3.88. The van der Waals surface area contributed by atoms with Gasteiger partial charge in [-0.2, -0.15) is 5.10 Å². The van der Waals surface area contributed by atoms with Crippen molar-refractivity contribution in [1.82, 2.24) is 20.1 Å². The molecule has 1 aliphatic carbocycles. The van der Waals surface area contributed by atoms with Gasteiger partial charge in [0.15, 0.2) is 5.79 Å². The number of hydrogen-bond donors (Lipinski definition) is 1. The Bertz CT molecular complexity index is 375. The second-order valence-corrected chi connectivity index (χ2v) is 4.96. The van der Waals surface area contributed by atoms with E-state index in [0.29, 0.717) is 19.3 Å². The van der Waals surface area contributed by atoms with Crippen molar-refractivity contribution in [2.45, 2.75) is 44.1 Å². The fourth-order valence-electron chi connectivity index (χ4n) is 3.06. The van der Waals surface area contributed by atoms with Gasteiger partial charge in [-0.1, -0.05) is 6.92 Å². The lowest BCUT2D eigenvalue weighted by Gasteiger charge is -2.41. The SMILES string of the molecule is CCNC1CCC2(CC1n1cncn1)OCCO2. The normalized spacial score (nSPS) is 30.9. The van der Waals surface area contributed by atoms with Crippen molar-refractivity contribution in [1.29, 1.82) is 0 Å². The molecule has 0 aromatic carbocycles. The quantitative estimate of drug-likeness (QED) is 0.859. The van der Waals surface area contributed by atoms with E-state index in [1.54, 1.807) is 12.7 Å². The van der Waals surface area contributed by atoms with Gasteiger partial charge >= 0.3 is 0 Å². The highest BCUT2D eigenvalue weighted by atomic mass is 16.7. The molecule has 1 spiro atoms. The maximum Gasteiger partial charge on any atom is 0.170 e. The molecule has 1 N–H and O–H groups in total. The van der Waals surface area contributed by atoms with Crippen molar-refractivity contribution in [2.75, 3.05) is 19.8 Å². The molecule has 1 aliphatic heterocycles. The van der Waals surface area contributed by atoms with Gasteiger partial charge in [-0.3, -0.25) is 0 Å². The first-order valence-electron chi connectivity index (χ1n) is 6.68. The summed E-state index contributed by atoms with van der Waals surface area (Å²) < 4.78 is 13.6. The largest absolute Gasteiger partial charge is 0.347 e. The monoisotopic (exact) mass is 252 g/mol. The summed E-state index contributed by atoms with van der Waals surface area (Å²) in [6, 6.07) is 0.662. The Balaban J connectivity index is 1.79. The summed E-state index contributed by atoms with van der Waals surface area (Å²) in [7, 11) is 0. The molecule has 2 unspecified atom stereocenters. The van der Waals surface area contributed by atoms with E-state index in [9.17, 15) is 0 Å². The molecule has 2 aliphatic rings. The molecule has 1 saturated heterocycles. The molecule has 100 valence electrons. The van der Waals surface area contributed by atoms with E-state index in [1.165, 1.54) is 0 Å². The number of likely N-dealkylation sites (N-methyl/N-ethyl adjacent to an activating group) is 1. The molecule has 0 radical (unpaired) electrons. The predicted octanol–water partition coefficient (Wildman–Crippen LogP) is 0.724. The van der Waals surface area contributed by atoms with Gasteiger partial charge in [-0.15, -0.1) is 0 Å². The maximum absolute atomic E-state index is 5.82. The van der Waals surface area contributed by atoms with Crippen LogP contribution in [0.3, 0.4) is 0 Å². The molecule has 1 aromatic rings. The van der Waals surface area contributed by atoms with E-state index in [2.05, 4.69) is 22.3 Å². The van der Waals surface area contributed by atoms with Crippen molar-refractivity contribution in [2.24, 2.45) is 0 Å². The predicted molar refractivity (Wildman–Crippen MR) is 65.0 cm³/mol. The Kier molecular flexibility index (Phi) is 3.32. The molecule has 2 fully saturated rings. The fraction of sp³-hybridized carbons (Fsp3) is 0.833. The van der Waals surface area contributed by atoms with Crippen molar-refractivity contribution >= 4 is 0 Å². The second-order valence-electron chi connectivity index (χ2n) is 4.96. The van der Waals surface area contributed by atoms with Crippen LogP contribution in [0.5, 0.6) is 0 Å². The Morgan fingerprint density at radius 1 is 1.44 bits per heavy atom. The van der Waals surface area contributed by atoms with E-state index >= 15 is 0 Å². The minimum Gasteiger partial charge on any atom is -0.347 e. The van der Waals surface area contributed by atoms with Gasteiger partial charge in [0, 0.05) is 18.9 Å². The third kappa shape index (κ3) is 2.15. The average Bonchev–Trinajstić information content (AvgIpc) is 3.04. The first-order chi connectivity index (χ1) is 8.83. The lowest BCUT2D eigenvalue weighted by Crippen LogP contribution is -2.48. The molecule has 2 heterocycles. The van der Waals surface area contributed by atoms with Gasteiger partial charge in [-0.25, -0.2) is 9.67 Å². The molecular formula is C12H20N4O2. The number of nitrogens with zero attached hydrogens (tertiary/aromatic N) is 3. The van der Waals surface area contributed by atoms with E-state index < -0.39 is 0 Å². The lowest BCUT2D eigenvalue weighted by atomic mass is 9.85. The standard InChI is InChI=1S/C12H20N4O2/c1-2-14-10-3-4-12(17-5-6-18-12)7-11(10)16-9-13-8-15-16/h8-11,14H,2-7H2,1H3. The van der Waals surface area contributed by atoms with Crippen LogP contribution >= 0.6 is 0 Å². The summed E-state index contributed by atoms with van der Waals surface area (Å²) in [6.45, 7) is 4.50. The zero-order valence-corrected chi connectivity index (χ0v) is 10.7. The molecule has 6 nitrogen and oxygen atoms in total. The molecule has 3 rings (SSSR count). The van der Waals surface area contributed by atoms with Gasteiger partial charge < -0.3 is 14.8 Å². The van der Waals surface area contributed by atoms with E-state index in [-0.39, 0.29) is 11.8 Å². The Hall–Kier alpha value is -0.980. The van der Waals surface area contributed by atoms with Gasteiger partial charge in [-0.05, 0) is 13.0 Å². The third-order valence-corrected chi connectivity index (χ3v) is 3.88. The minimum absolute atomic E-state index is 0.249. The summed E-state index contributed by atoms with van der Waals surface area (Å²) >= 11 is 0. The highest BCUT2D eigenvalue weighted by Gasteiger charge is 2.45. The molecule has 0 amide bonds. The molecule has 2 atom stereocenters. The van der Waals surface area contributed by atoms with Crippen LogP contribution in [0.1, 0.15) is 32.2 Å². The van der Waals surface area contributed by atoms with Crippen LogP contribution in [0.2, 0.25) is 0 Å². The number of rotatable bonds is 3. The van der Waals surface area contributed by atoms with Gasteiger partial charge in [0.05, 0.1) is 19.3 Å². The number of aromatic nitrogens is 3. The Morgan fingerprint density at radius 3 is 2.94 bits per heavy atom. The van der Waals surface area contributed by atoms with Crippen LogP contribution in [0.4, 0.5) is 0 Å². The fourth-order valence-corrected chi connectivity index (χ4v) is 3.06. The lowest BCUT2D eigenvalue weighted by molar-refractivity contribution is -0.189. The van der Waals surface area contributed by atoms with Crippen LogP contribution in [-0.4, -0.2) is 46.4 Å². The van der Waals surface area contributed by atoms with Crippen molar-refractivity contribution in [3.63, 3.8) is 0 Å². The van der Waals surface area contributed by atoms with Crippen LogP contribution in [0.15, 0.2) is 12.7 Å².